The Labute approximate surface area is 193 Å². The number of carbonyl (C=O) groups excluding carboxylic acids is 3. The van der Waals surface area contributed by atoms with Gasteiger partial charge in [-0.2, -0.15) is 12.6 Å². The fourth-order valence-electron chi connectivity index (χ4n) is 4.25. The van der Waals surface area contributed by atoms with Gasteiger partial charge >= 0.3 is 5.97 Å². The number of hydrogen-bond donors (Lipinski definition) is 4. The molecule has 8 nitrogen and oxygen atoms in total. The topological polar surface area (TPSA) is 122 Å². The lowest BCUT2D eigenvalue weighted by Crippen LogP contribution is -2.33. The molecule has 1 amide bonds. The second-order valence-electron chi connectivity index (χ2n) is 7.66. The Morgan fingerprint density at radius 2 is 1.76 bits per heavy atom. The van der Waals surface area contributed by atoms with Crippen molar-refractivity contribution in [3.8, 4) is 23.0 Å². The van der Waals surface area contributed by atoms with Crippen LogP contribution in [0.25, 0.3) is 0 Å². The molecule has 2 aliphatic heterocycles. The maximum atomic E-state index is 12.8. The number of Topliss-reactive ketones (excluding diaryl/α,β-unsaturated/α-hetero) is 1. The van der Waals surface area contributed by atoms with Crippen LogP contribution in [0.1, 0.15) is 33.5 Å². The van der Waals surface area contributed by atoms with Gasteiger partial charge in [-0.3, -0.25) is 9.59 Å². The molecule has 33 heavy (non-hydrogen) atoms. The molecule has 1 atom stereocenters. The average molecular weight is 463 g/mol. The molecule has 0 bridgehead atoms. The zero-order valence-electron chi connectivity index (χ0n) is 17.0. The fraction of sp³-hybridized carbons (Fsp3) is 0.125. The standard InChI is InChI=1S/C24H17NO7S/c26-12-5-6-16-19(9-12)31-22-17(24(16)15-4-2-1-3-14(15)23(30)32-24)7-8-18(28)21(22)25-20(29)10-13(27)11-33/h1-9,26,28,33H,10-11H2,(H,25,29). The third-order valence-corrected chi connectivity index (χ3v) is 5.99. The molecule has 2 aliphatic rings. The summed E-state index contributed by atoms with van der Waals surface area (Å²) < 4.78 is 12.0. The van der Waals surface area contributed by atoms with Gasteiger partial charge in [-0.05, 0) is 30.3 Å². The third kappa shape index (κ3) is 3.12. The number of anilines is 1. The fourth-order valence-corrected chi connectivity index (χ4v) is 4.37. The molecular formula is C24H17NO7S. The van der Waals surface area contributed by atoms with Gasteiger partial charge in [-0.25, -0.2) is 4.79 Å². The van der Waals surface area contributed by atoms with Crippen molar-refractivity contribution in [2.24, 2.45) is 0 Å². The summed E-state index contributed by atoms with van der Waals surface area (Å²) in [5.74, 6) is -1.90. The van der Waals surface area contributed by atoms with E-state index in [-0.39, 0.29) is 34.4 Å². The molecule has 3 N–H and O–H groups in total. The highest BCUT2D eigenvalue weighted by molar-refractivity contribution is 7.81. The zero-order chi connectivity index (χ0) is 23.3. The van der Waals surface area contributed by atoms with Gasteiger partial charge in [0.25, 0.3) is 0 Å². The van der Waals surface area contributed by atoms with Crippen molar-refractivity contribution in [3.05, 3.63) is 76.9 Å². The van der Waals surface area contributed by atoms with E-state index in [0.29, 0.717) is 22.3 Å². The number of hydrogen-bond acceptors (Lipinski definition) is 8. The first kappa shape index (κ1) is 20.9. The molecule has 0 aromatic heterocycles. The van der Waals surface area contributed by atoms with Crippen molar-refractivity contribution < 1.29 is 34.1 Å². The van der Waals surface area contributed by atoms with Crippen LogP contribution < -0.4 is 10.1 Å². The minimum absolute atomic E-state index is 0.0317. The SMILES string of the molecule is O=C(CS)CC(=O)Nc1c(O)ccc2c1Oc1cc(O)ccc1C21OC(=O)c2ccccc21. The van der Waals surface area contributed by atoms with E-state index >= 15 is 0 Å². The van der Waals surface area contributed by atoms with Gasteiger partial charge in [0.15, 0.2) is 17.1 Å². The lowest BCUT2D eigenvalue weighted by Gasteiger charge is -2.37. The summed E-state index contributed by atoms with van der Waals surface area (Å²) in [6.45, 7) is 0. The predicted molar refractivity (Wildman–Crippen MR) is 120 cm³/mol. The van der Waals surface area contributed by atoms with Crippen LogP contribution in [0.3, 0.4) is 0 Å². The molecule has 3 aromatic carbocycles. The van der Waals surface area contributed by atoms with Gasteiger partial charge in [0, 0.05) is 22.9 Å². The lowest BCUT2D eigenvalue weighted by atomic mass is 9.77. The molecule has 5 rings (SSSR count). The van der Waals surface area contributed by atoms with E-state index in [2.05, 4.69) is 17.9 Å². The van der Waals surface area contributed by atoms with E-state index in [0.717, 1.165) is 0 Å². The molecule has 0 fully saturated rings. The molecular weight excluding hydrogens is 446 g/mol. The summed E-state index contributed by atoms with van der Waals surface area (Å²) in [5.41, 5.74) is 0.241. The molecule has 3 aromatic rings. The number of benzene rings is 3. The Bertz CT molecular complexity index is 1350. The molecule has 0 saturated heterocycles. The van der Waals surface area contributed by atoms with Crippen LogP contribution in [-0.4, -0.2) is 33.6 Å². The first-order chi connectivity index (χ1) is 15.8. The minimum atomic E-state index is -1.43. The van der Waals surface area contributed by atoms with Crippen molar-refractivity contribution in [1.82, 2.24) is 0 Å². The summed E-state index contributed by atoms with van der Waals surface area (Å²) in [4.78, 5) is 36.9. The number of esters is 1. The number of ether oxygens (including phenoxy) is 2. The van der Waals surface area contributed by atoms with Crippen molar-refractivity contribution in [1.29, 1.82) is 0 Å². The average Bonchev–Trinajstić information content (AvgIpc) is 3.09. The van der Waals surface area contributed by atoms with Crippen LogP contribution in [0.4, 0.5) is 5.69 Å². The number of nitrogens with one attached hydrogen (secondary N) is 1. The molecule has 0 saturated carbocycles. The van der Waals surface area contributed by atoms with Crippen molar-refractivity contribution >= 4 is 36.0 Å². The van der Waals surface area contributed by atoms with E-state index in [1.807, 2.05) is 0 Å². The van der Waals surface area contributed by atoms with Crippen LogP contribution in [0.5, 0.6) is 23.0 Å². The second-order valence-corrected chi connectivity index (χ2v) is 7.97. The Morgan fingerprint density at radius 3 is 2.55 bits per heavy atom. The Hall–Kier alpha value is -3.98. The highest BCUT2D eigenvalue weighted by Crippen LogP contribution is 2.59. The number of ketones is 1. The van der Waals surface area contributed by atoms with Gasteiger partial charge < -0.3 is 25.0 Å². The Balaban J connectivity index is 1.75. The van der Waals surface area contributed by atoms with Crippen LogP contribution in [-0.2, 0) is 19.9 Å². The largest absolute Gasteiger partial charge is 0.508 e. The van der Waals surface area contributed by atoms with Crippen LogP contribution in [0.15, 0.2) is 54.6 Å². The number of carbonyl (C=O) groups is 3. The van der Waals surface area contributed by atoms with Gasteiger partial charge in [0.05, 0.1) is 17.5 Å². The van der Waals surface area contributed by atoms with E-state index in [1.54, 1.807) is 36.4 Å². The summed E-state index contributed by atoms with van der Waals surface area (Å²) in [6.07, 6.45) is -0.438. The molecule has 0 aliphatic carbocycles. The Kier molecular flexibility index (Phi) is 4.79. The van der Waals surface area contributed by atoms with Gasteiger partial charge in [0.2, 0.25) is 5.91 Å². The lowest BCUT2D eigenvalue weighted by molar-refractivity contribution is -0.124. The minimum Gasteiger partial charge on any atom is -0.508 e. The highest BCUT2D eigenvalue weighted by atomic mass is 32.1. The van der Waals surface area contributed by atoms with E-state index in [4.69, 9.17) is 9.47 Å². The predicted octanol–water partition coefficient (Wildman–Crippen LogP) is 3.49. The smallest absolute Gasteiger partial charge is 0.340 e. The van der Waals surface area contributed by atoms with E-state index in [9.17, 15) is 24.6 Å². The zero-order valence-corrected chi connectivity index (χ0v) is 17.9. The maximum absolute atomic E-state index is 12.8. The normalized spacial score (nSPS) is 17.4. The number of rotatable bonds is 4. The quantitative estimate of drug-likeness (QED) is 0.202. The molecule has 0 radical (unpaired) electrons. The first-order valence-corrected chi connectivity index (χ1v) is 10.6. The summed E-state index contributed by atoms with van der Waals surface area (Å²) in [5, 5.41) is 23.1. The molecule has 166 valence electrons. The molecule has 1 spiro atoms. The van der Waals surface area contributed by atoms with Crippen molar-refractivity contribution in [3.63, 3.8) is 0 Å². The van der Waals surface area contributed by atoms with Gasteiger partial charge in [0.1, 0.15) is 22.9 Å². The second kappa shape index (κ2) is 7.56. The summed E-state index contributed by atoms with van der Waals surface area (Å²) in [6, 6.07) is 14.2. The van der Waals surface area contributed by atoms with Crippen LogP contribution >= 0.6 is 12.6 Å². The highest BCUT2D eigenvalue weighted by Gasteiger charge is 2.54. The van der Waals surface area contributed by atoms with Crippen molar-refractivity contribution in [2.75, 3.05) is 11.1 Å². The third-order valence-electron chi connectivity index (χ3n) is 5.64. The molecule has 9 heteroatoms. The van der Waals surface area contributed by atoms with E-state index in [1.165, 1.54) is 18.2 Å². The number of thiol groups is 1. The number of aromatic hydroxyl groups is 2. The van der Waals surface area contributed by atoms with E-state index < -0.39 is 29.7 Å². The number of phenolic OH excluding ortho intramolecular Hbond substituents is 2. The summed E-state index contributed by atoms with van der Waals surface area (Å²) in [7, 11) is 0. The molecule has 1 unspecified atom stereocenters. The number of fused-ring (bicyclic) bond motifs is 6. The van der Waals surface area contributed by atoms with Gasteiger partial charge in [-0.1, -0.05) is 18.2 Å². The number of phenols is 2. The Morgan fingerprint density at radius 1 is 1.00 bits per heavy atom. The van der Waals surface area contributed by atoms with Gasteiger partial charge in [-0.15, -0.1) is 0 Å². The molecule has 2 heterocycles. The monoisotopic (exact) mass is 463 g/mol. The summed E-state index contributed by atoms with van der Waals surface area (Å²) >= 11 is 3.87. The maximum Gasteiger partial charge on any atom is 0.340 e. The van der Waals surface area contributed by atoms with Crippen LogP contribution in [0, 0.1) is 0 Å². The van der Waals surface area contributed by atoms with Crippen LogP contribution in [0.2, 0.25) is 0 Å². The first-order valence-electron chi connectivity index (χ1n) is 9.98. The number of amides is 1. The van der Waals surface area contributed by atoms with Crippen molar-refractivity contribution in [2.45, 2.75) is 12.0 Å².